The Kier molecular flexibility index (Phi) is 3.73. The summed E-state index contributed by atoms with van der Waals surface area (Å²) in [6.45, 7) is 1.98. The van der Waals surface area contributed by atoms with Crippen LogP contribution in [0.15, 0.2) is 24.4 Å². The molecule has 1 atom stereocenters. The summed E-state index contributed by atoms with van der Waals surface area (Å²) in [5.74, 6) is 0.0739. The summed E-state index contributed by atoms with van der Waals surface area (Å²) < 4.78 is 1.76. The first-order valence-corrected chi connectivity index (χ1v) is 7.44. The van der Waals surface area contributed by atoms with E-state index in [1.165, 1.54) is 0 Å². The highest BCUT2D eigenvalue weighted by Gasteiger charge is 2.19. The molecule has 2 aromatic rings. The van der Waals surface area contributed by atoms with Crippen molar-refractivity contribution in [2.75, 3.05) is 5.32 Å². The zero-order chi connectivity index (χ0) is 14.8. The molecule has 3 heterocycles. The topological polar surface area (TPSA) is 59.8 Å². The zero-order valence-corrected chi connectivity index (χ0v) is 12.5. The largest absolute Gasteiger partial charge is 0.323 e. The molecule has 0 saturated heterocycles. The summed E-state index contributed by atoms with van der Waals surface area (Å²) >= 11 is 0. The first-order chi connectivity index (χ1) is 10.1. The average Bonchev–Trinajstić information content (AvgIpc) is 2.83. The number of carbonyl (C=O) groups excluding carboxylic acids is 1. The van der Waals surface area contributed by atoms with Crippen molar-refractivity contribution >= 4 is 11.6 Å². The van der Waals surface area contributed by atoms with Gasteiger partial charge < -0.3 is 5.32 Å². The van der Waals surface area contributed by atoms with E-state index in [2.05, 4.69) is 16.5 Å². The lowest BCUT2D eigenvalue weighted by molar-refractivity contribution is -0.119. The standard InChI is InChI=1S/C16H20N4O/c1-11-6-3-4-7-12-8-5-9-13(18-12)15-14(19-16(11)21)10-17-20(15)2/h5,8-11H,3-4,6-7H2,1-2H3,(H,19,21). The predicted octanol–water partition coefficient (Wildman–Crippen LogP) is 2.78. The van der Waals surface area contributed by atoms with Crippen LogP contribution in [0.4, 0.5) is 5.69 Å². The van der Waals surface area contributed by atoms with Gasteiger partial charge in [0.15, 0.2) is 0 Å². The Morgan fingerprint density at radius 1 is 1.33 bits per heavy atom. The monoisotopic (exact) mass is 284 g/mol. The zero-order valence-electron chi connectivity index (χ0n) is 12.5. The number of carbonyl (C=O) groups is 1. The fourth-order valence-corrected chi connectivity index (χ4v) is 2.73. The second-order valence-corrected chi connectivity index (χ2v) is 5.68. The van der Waals surface area contributed by atoms with E-state index >= 15 is 0 Å². The van der Waals surface area contributed by atoms with Gasteiger partial charge in [-0.3, -0.25) is 14.5 Å². The maximum absolute atomic E-state index is 12.3. The van der Waals surface area contributed by atoms with Crippen LogP contribution in [-0.2, 0) is 18.3 Å². The number of rotatable bonds is 0. The molecule has 0 aliphatic carbocycles. The van der Waals surface area contributed by atoms with Crippen LogP contribution in [0.2, 0.25) is 0 Å². The lowest BCUT2D eigenvalue weighted by atomic mass is 10.0. The number of amides is 1. The van der Waals surface area contributed by atoms with Crippen molar-refractivity contribution < 1.29 is 4.79 Å². The van der Waals surface area contributed by atoms with E-state index in [1.54, 1.807) is 10.9 Å². The van der Waals surface area contributed by atoms with Crippen LogP contribution in [-0.4, -0.2) is 20.7 Å². The van der Waals surface area contributed by atoms with Gasteiger partial charge in [0.25, 0.3) is 0 Å². The Morgan fingerprint density at radius 2 is 2.19 bits per heavy atom. The number of pyridine rings is 1. The van der Waals surface area contributed by atoms with E-state index in [4.69, 9.17) is 4.98 Å². The molecule has 1 aliphatic rings. The maximum atomic E-state index is 12.3. The molecule has 1 N–H and O–H groups in total. The van der Waals surface area contributed by atoms with Crippen LogP contribution < -0.4 is 5.32 Å². The van der Waals surface area contributed by atoms with E-state index in [0.29, 0.717) is 0 Å². The second kappa shape index (κ2) is 5.68. The highest BCUT2D eigenvalue weighted by Crippen LogP contribution is 2.27. The Balaban J connectivity index is 2.07. The normalized spacial score (nSPS) is 19.1. The highest BCUT2D eigenvalue weighted by atomic mass is 16.1. The number of nitrogens with one attached hydrogen (secondary N) is 1. The molecule has 0 saturated carbocycles. The van der Waals surface area contributed by atoms with Crippen LogP contribution in [0.5, 0.6) is 0 Å². The number of fused-ring (bicyclic) bond motifs is 4. The average molecular weight is 284 g/mol. The van der Waals surface area contributed by atoms with Crippen LogP contribution in [0.25, 0.3) is 11.4 Å². The van der Waals surface area contributed by atoms with E-state index in [1.807, 2.05) is 26.1 Å². The van der Waals surface area contributed by atoms with Gasteiger partial charge in [0.1, 0.15) is 5.69 Å². The smallest absolute Gasteiger partial charge is 0.227 e. The SMILES string of the molecule is CC1CCCCc2cccc(n2)-c2c(cnn2C)NC1=O. The summed E-state index contributed by atoms with van der Waals surface area (Å²) in [5.41, 5.74) is 3.55. The third-order valence-electron chi connectivity index (χ3n) is 4.01. The molecule has 110 valence electrons. The first kappa shape index (κ1) is 13.8. The van der Waals surface area contributed by atoms with Gasteiger partial charge in [-0.15, -0.1) is 0 Å². The third-order valence-corrected chi connectivity index (χ3v) is 4.01. The summed E-state index contributed by atoms with van der Waals surface area (Å²) in [6, 6.07) is 6.04. The predicted molar refractivity (Wildman–Crippen MR) is 81.8 cm³/mol. The van der Waals surface area contributed by atoms with Gasteiger partial charge in [-0.25, -0.2) is 0 Å². The molecule has 5 nitrogen and oxygen atoms in total. The number of hydrogen-bond donors (Lipinski definition) is 1. The quantitative estimate of drug-likeness (QED) is 0.809. The summed E-state index contributed by atoms with van der Waals surface area (Å²) in [5, 5.41) is 7.26. The molecular weight excluding hydrogens is 264 g/mol. The molecule has 1 unspecified atom stereocenters. The molecular formula is C16H20N4O. The van der Waals surface area contributed by atoms with Crippen LogP contribution >= 0.6 is 0 Å². The van der Waals surface area contributed by atoms with E-state index in [9.17, 15) is 4.79 Å². The van der Waals surface area contributed by atoms with Gasteiger partial charge in [-0.2, -0.15) is 5.10 Å². The molecule has 5 heteroatoms. The molecule has 1 amide bonds. The Bertz CT molecular complexity index is 662. The van der Waals surface area contributed by atoms with Crippen molar-refractivity contribution in [3.63, 3.8) is 0 Å². The van der Waals surface area contributed by atoms with Crippen molar-refractivity contribution in [2.45, 2.75) is 32.6 Å². The third kappa shape index (κ3) is 2.82. The summed E-state index contributed by atoms with van der Waals surface area (Å²) in [7, 11) is 1.87. The molecule has 2 bridgehead atoms. The molecule has 3 rings (SSSR count). The van der Waals surface area contributed by atoms with E-state index in [0.717, 1.165) is 48.5 Å². The molecule has 0 radical (unpaired) electrons. The molecule has 2 aromatic heterocycles. The van der Waals surface area contributed by atoms with Gasteiger partial charge >= 0.3 is 0 Å². The number of aromatic nitrogens is 3. The van der Waals surface area contributed by atoms with E-state index in [-0.39, 0.29) is 11.8 Å². The van der Waals surface area contributed by atoms with Crippen molar-refractivity contribution in [1.82, 2.24) is 14.8 Å². The van der Waals surface area contributed by atoms with Gasteiger partial charge in [-0.05, 0) is 31.4 Å². The lowest BCUT2D eigenvalue weighted by Gasteiger charge is -2.14. The first-order valence-electron chi connectivity index (χ1n) is 7.44. The molecule has 0 spiro atoms. The van der Waals surface area contributed by atoms with Crippen LogP contribution in [0, 0.1) is 5.92 Å². The number of hydrogen-bond acceptors (Lipinski definition) is 3. The molecule has 0 aromatic carbocycles. The fraction of sp³-hybridized carbons (Fsp3) is 0.438. The molecule has 0 fully saturated rings. The minimum absolute atomic E-state index is 0.0174. The van der Waals surface area contributed by atoms with Crippen LogP contribution in [0.3, 0.4) is 0 Å². The van der Waals surface area contributed by atoms with Crippen molar-refractivity contribution in [1.29, 1.82) is 0 Å². The van der Waals surface area contributed by atoms with Gasteiger partial charge in [0, 0.05) is 18.7 Å². The summed E-state index contributed by atoms with van der Waals surface area (Å²) in [6.07, 6.45) is 5.66. The van der Waals surface area contributed by atoms with Gasteiger partial charge in [0.2, 0.25) is 5.91 Å². The summed E-state index contributed by atoms with van der Waals surface area (Å²) in [4.78, 5) is 17.0. The fourth-order valence-electron chi connectivity index (χ4n) is 2.73. The number of anilines is 1. The Labute approximate surface area is 124 Å². The Morgan fingerprint density at radius 3 is 3.05 bits per heavy atom. The molecule has 1 aliphatic heterocycles. The number of nitrogens with zero attached hydrogens (tertiary/aromatic N) is 3. The molecule has 21 heavy (non-hydrogen) atoms. The second-order valence-electron chi connectivity index (χ2n) is 5.68. The van der Waals surface area contributed by atoms with Gasteiger partial charge in [0.05, 0.1) is 17.6 Å². The highest BCUT2D eigenvalue weighted by molar-refractivity contribution is 5.95. The minimum Gasteiger partial charge on any atom is -0.323 e. The van der Waals surface area contributed by atoms with E-state index < -0.39 is 0 Å². The van der Waals surface area contributed by atoms with Gasteiger partial charge in [-0.1, -0.05) is 19.4 Å². The van der Waals surface area contributed by atoms with Crippen LogP contribution in [0.1, 0.15) is 31.9 Å². The lowest BCUT2D eigenvalue weighted by Crippen LogP contribution is -2.21. The number of aryl methyl sites for hydroxylation is 2. The Hall–Kier alpha value is -2.17. The minimum atomic E-state index is 0.0174. The van der Waals surface area contributed by atoms with Crippen molar-refractivity contribution in [3.05, 3.63) is 30.1 Å². The van der Waals surface area contributed by atoms with Crippen molar-refractivity contribution in [3.8, 4) is 11.4 Å². The maximum Gasteiger partial charge on any atom is 0.227 e. The van der Waals surface area contributed by atoms with Crippen molar-refractivity contribution in [2.24, 2.45) is 13.0 Å².